The quantitative estimate of drug-likeness (QED) is 0.862. The van der Waals surface area contributed by atoms with Gasteiger partial charge < -0.3 is 14.2 Å². The van der Waals surface area contributed by atoms with Crippen LogP contribution in [0, 0.1) is 6.92 Å². The second-order valence-electron chi connectivity index (χ2n) is 6.55. The standard InChI is InChI=1S/C18H24N4O2/c1-13(2)17-19-20-18(24-17)22-10-8-21(9-11-22)16(23)12-15-7-5-4-6-14(15)3/h4-7,13H,8-12H2,1-3H3. The molecule has 0 unspecified atom stereocenters. The van der Waals surface area contributed by atoms with E-state index in [2.05, 4.69) is 15.1 Å². The number of benzene rings is 1. The molecule has 0 N–H and O–H groups in total. The number of hydrogen-bond donors (Lipinski definition) is 0. The number of carbonyl (C=O) groups excluding carboxylic acids is 1. The molecule has 6 nitrogen and oxygen atoms in total. The van der Waals surface area contributed by atoms with Crippen LogP contribution in [0.4, 0.5) is 6.01 Å². The Hall–Kier alpha value is -2.37. The predicted octanol–water partition coefficient (Wildman–Crippen LogP) is 2.39. The molecule has 1 amide bonds. The molecular weight excluding hydrogens is 304 g/mol. The van der Waals surface area contributed by atoms with Crippen LogP contribution in [0.2, 0.25) is 0 Å². The van der Waals surface area contributed by atoms with Gasteiger partial charge in [-0.15, -0.1) is 5.10 Å². The highest BCUT2D eigenvalue weighted by molar-refractivity contribution is 5.79. The minimum absolute atomic E-state index is 0.178. The maximum absolute atomic E-state index is 12.5. The zero-order valence-corrected chi connectivity index (χ0v) is 14.5. The van der Waals surface area contributed by atoms with Crippen molar-refractivity contribution in [2.75, 3.05) is 31.1 Å². The van der Waals surface area contributed by atoms with Gasteiger partial charge in [-0.1, -0.05) is 43.2 Å². The summed E-state index contributed by atoms with van der Waals surface area (Å²) in [6.45, 7) is 8.91. The molecule has 6 heteroatoms. The molecule has 1 aromatic heterocycles. The number of amides is 1. The van der Waals surface area contributed by atoms with Gasteiger partial charge >= 0.3 is 6.01 Å². The average Bonchev–Trinajstić information content (AvgIpc) is 3.07. The summed E-state index contributed by atoms with van der Waals surface area (Å²) in [5.41, 5.74) is 2.26. The summed E-state index contributed by atoms with van der Waals surface area (Å²) in [6.07, 6.45) is 0.463. The summed E-state index contributed by atoms with van der Waals surface area (Å²) >= 11 is 0. The van der Waals surface area contributed by atoms with Crippen molar-refractivity contribution in [1.29, 1.82) is 0 Å². The highest BCUT2D eigenvalue weighted by atomic mass is 16.4. The van der Waals surface area contributed by atoms with Crippen molar-refractivity contribution < 1.29 is 9.21 Å². The zero-order chi connectivity index (χ0) is 17.1. The smallest absolute Gasteiger partial charge is 0.318 e. The lowest BCUT2D eigenvalue weighted by molar-refractivity contribution is -0.130. The van der Waals surface area contributed by atoms with E-state index in [4.69, 9.17) is 4.42 Å². The van der Waals surface area contributed by atoms with Crippen molar-refractivity contribution >= 4 is 11.9 Å². The van der Waals surface area contributed by atoms with Crippen LogP contribution in [0.25, 0.3) is 0 Å². The van der Waals surface area contributed by atoms with Crippen LogP contribution in [-0.4, -0.2) is 47.2 Å². The van der Waals surface area contributed by atoms with E-state index in [1.165, 1.54) is 0 Å². The first-order valence-corrected chi connectivity index (χ1v) is 8.45. The Balaban J connectivity index is 1.56. The zero-order valence-electron chi connectivity index (χ0n) is 14.5. The third kappa shape index (κ3) is 3.58. The van der Waals surface area contributed by atoms with Crippen LogP contribution >= 0.6 is 0 Å². The number of aryl methyl sites for hydroxylation is 1. The Morgan fingerprint density at radius 2 is 1.88 bits per heavy atom. The van der Waals surface area contributed by atoms with Crippen LogP contribution in [0.1, 0.15) is 36.8 Å². The fourth-order valence-electron chi connectivity index (χ4n) is 2.82. The molecule has 1 fully saturated rings. The van der Waals surface area contributed by atoms with Crippen LogP contribution < -0.4 is 4.90 Å². The van der Waals surface area contributed by atoms with Gasteiger partial charge in [-0.3, -0.25) is 4.79 Å². The summed E-state index contributed by atoms with van der Waals surface area (Å²) in [7, 11) is 0. The summed E-state index contributed by atoms with van der Waals surface area (Å²) in [5.74, 6) is 1.06. The lowest BCUT2D eigenvalue weighted by atomic mass is 10.1. The second kappa shape index (κ2) is 7.03. The van der Waals surface area contributed by atoms with E-state index in [0.29, 0.717) is 31.4 Å². The molecule has 2 aromatic rings. The van der Waals surface area contributed by atoms with Crippen molar-refractivity contribution in [2.24, 2.45) is 0 Å². The molecule has 0 radical (unpaired) electrons. The fraction of sp³-hybridized carbons (Fsp3) is 0.500. The first kappa shape index (κ1) is 16.5. The highest BCUT2D eigenvalue weighted by Crippen LogP contribution is 2.20. The monoisotopic (exact) mass is 328 g/mol. The molecule has 0 saturated carbocycles. The highest BCUT2D eigenvalue weighted by Gasteiger charge is 2.24. The number of rotatable bonds is 4. The Labute approximate surface area is 142 Å². The van der Waals surface area contributed by atoms with Crippen molar-refractivity contribution in [3.8, 4) is 0 Å². The SMILES string of the molecule is Cc1ccccc1CC(=O)N1CCN(c2nnc(C(C)C)o2)CC1. The Morgan fingerprint density at radius 3 is 2.50 bits per heavy atom. The van der Waals surface area contributed by atoms with E-state index < -0.39 is 0 Å². The summed E-state index contributed by atoms with van der Waals surface area (Å²) in [4.78, 5) is 16.5. The lowest BCUT2D eigenvalue weighted by Gasteiger charge is -2.33. The van der Waals surface area contributed by atoms with E-state index in [1.54, 1.807) is 0 Å². The first-order valence-electron chi connectivity index (χ1n) is 8.45. The molecule has 0 aliphatic carbocycles. The van der Waals surface area contributed by atoms with Gasteiger partial charge in [0.15, 0.2) is 0 Å². The first-order chi connectivity index (χ1) is 11.5. The summed E-state index contributed by atoms with van der Waals surface area (Å²) in [5, 5.41) is 8.19. The molecule has 1 aromatic carbocycles. The minimum atomic E-state index is 0.178. The number of hydrogen-bond acceptors (Lipinski definition) is 5. The number of nitrogens with zero attached hydrogens (tertiary/aromatic N) is 4. The normalized spacial score (nSPS) is 15.2. The van der Waals surface area contributed by atoms with Crippen LogP contribution in [0.3, 0.4) is 0 Å². The van der Waals surface area contributed by atoms with Crippen LogP contribution in [0.5, 0.6) is 0 Å². The Bertz CT molecular complexity index is 703. The van der Waals surface area contributed by atoms with Gasteiger partial charge in [0.2, 0.25) is 11.8 Å². The van der Waals surface area contributed by atoms with Crippen molar-refractivity contribution in [1.82, 2.24) is 15.1 Å². The molecule has 128 valence electrons. The topological polar surface area (TPSA) is 62.5 Å². The van der Waals surface area contributed by atoms with Gasteiger partial charge in [0, 0.05) is 32.1 Å². The maximum atomic E-state index is 12.5. The largest absolute Gasteiger partial charge is 0.408 e. The van der Waals surface area contributed by atoms with Gasteiger partial charge in [-0.05, 0) is 18.1 Å². The molecule has 3 rings (SSSR count). The summed E-state index contributed by atoms with van der Waals surface area (Å²) in [6, 6.07) is 8.61. The molecule has 1 aliphatic heterocycles. The molecule has 0 spiro atoms. The predicted molar refractivity (Wildman–Crippen MR) is 92.1 cm³/mol. The maximum Gasteiger partial charge on any atom is 0.318 e. The average molecular weight is 328 g/mol. The van der Waals surface area contributed by atoms with E-state index >= 15 is 0 Å². The molecule has 24 heavy (non-hydrogen) atoms. The number of piperazine rings is 1. The lowest BCUT2D eigenvalue weighted by Crippen LogP contribution is -2.49. The van der Waals surface area contributed by atoms with Crippen LogP contribution in [0.15, 0.2) is 28.7 Å². The van der Waals surface area contributed by atoms with Gasteiger partial charge in [0.25, 0.3) is 0 Å². The summed E-state index contributed by atoms with van der Waals surface area (Å²) < 4.78 is 5.69. The van der Waals surface area contributed by atoms with E-state index in [1.807, 2.05) is 49.9 Å². The van der Waals surface area contributed by atoms with Gasteiger partial charge in [0.05, 0.1) is 6.42 Å². The van der Waals surface area contributed by atoms with Crippen molar-refractivity contribution in [3.05, 3.63) is 41.3 Å². The Morgan fingerprint density at radius 1 is 1.17 bits per heavy atom. The van der Waals surface area contributed by atoms with Gasteiger partial charge in [0.1, 0.15) is 0 Å². The molecule has 0 atom stereocenters. The van der Waals surface area contributed by atoms with E-state index in [9.17, 15) is 4.79 Å². The van der Waals surface area contributed by atoms with Crippen molar-refractivity contribution in [3.63, 3.8) is 0 Å². The van der Waals surface area contributed by atoms with Gasteiger partial charge in [-0.25, -0.2) is 0 Å². The fourth-order valence-corrected chi connectivity index (χ4v) is 2.82. The molecule has 2 heterocycles. The van der Waals surface area contributed by atoms with Crippen LogP contribution in [-0.2, 0) is 11.2 Å². The van der Waals surface area contributed by atoms with Gasteiger partial charge in [-0.2, -0.15) is 0 Å². The Kier molecular flexibility index (Phi) is 4.83. The number of carbonyl (C=O) groups is 1. The van der Waals surface area contributed by atoms with Crippen molar-refractivity contribution in [2.45, 2.75) is 33.1 Å². The van der Waals surface area contributed by atoms with E-state index in [-0.39, 0.29) is 11.8 Å². The third-order valence-electron chi connectivity index (χ3n) is 4.43. The molecule has 1 saturated heterocycles. The number of aromatic nitrogens is 2. The molecule has 1 aliphatic rings. The number of anilines is 1. The minimum Gasteiger partial charge on any atom is -0.408 e. The molecule has 0 bridgehead atoms. The molecular formula is C18H24N4O2. The van der Waals surface area contributed by atoms with E-state index in [0.717, 1.165) is 24.2 Å². The third-order valence-corrected chi connectivity index (χ3v) is 4.43. The second-order valence-corrected chi connectivity index (χ2v) is 6.55.